The van der Waals surface area contributed by atoms with E-state index in [0.29, 0.717) is 17.0 Å². The van der Waals surface area contributed by atoms with Crippen molar-refractivity contribution in [2.75, 3.05) is 0 Å². The maximum atomic E-state index is 14.3. The second-order valence-corrected chi connectivity index (χ2v) is 14.5. The molecule has 1 radical (unpaired) electrons. The van der Waals surface area contributed by atoms with E-state index in [-0.39, 0.29) is 11.2 Å². The third-order valence-corrected chi connectivity index (χ3v) is 8.78. The molecule has 5 aromatic carbocycles. The molecule has 44 heavy (non-hydrogen) atoms. The first kappa shape index (κ1) is 29.3. The number of fused-ring (bicyclic) bond motifs is 1. The minimum atomic E-state index is -1.15. The van der Waals surface area contributed by atoms with Gasteiger partial charge in [0.05, 0.1) is 11.9 Å². The van der Waals surface area contributed by atoms with Crippen molar-refractivity contribution in [2.45, 2.75) is 44.8 Å². The largest absolute Gasteiger partial charge is 0.542 e. The van der Waals surface area contributed by atoms with Gasteiger partial charge >= 0.3 is 0 Å². The van der Waals surface area contributed by atoms with Crippen LogP contribution in [0.5, 0.6) is 5.75 Å². The molecule has 0 aliphatic rings. The molecule has 6 aromatic rings. The number of hydrogen-bond acceptors (Lipinski definition) is 3. The maximum Gasteiger partial charge on any atom is 0.274 e. The van der Waals surface area contributed by atoms with Crippen LogP contribution in [-0.4, -0.2) is 24.4 Å². The average Bonchev–Trinajstić information content (AvgIpc) is 3.52. The van der Waals surface area contributed by atoms with Crippen LogP contribution < -0.4 is 4.43 Å². The van der Waals surface area contributed by atoms with Crippen molar-refractivity contribution in [2.24, 2.45) is 0 Å². The Kier molecular flexibility index (Phi) is 7.83. The summed E-state index contributed by atoms with van der Waals surface area (Å²) in [5.41, 5.74) is 4.63. The zero-order valence-electron chi connectivity index (χ0n) is 25.9. The Bertz CT molecular complexity index is 1810. The van der Waals surface area contributed by atoms with Crippen LogP contribution >= 0.6 is 0 Å². The van der Waals surface area contributed by atoms with Gasteiger partial charge in [-0.3, -0.25) is 4.79 Å². The number of carbonyl (C=O) groups excluding carboxylic acids is 1. The van der Waals surface area contributed by atoms with Crippen LogP contribution in [0, 0.1) is 0 Å². The highest BCUT2D eigenvalue weighted by molar-refractivity contribution is 6.49. The highest BCUT2D eigenvalue weighted by atomic mass is 28.3. The second-order valence-electron chi connectivity index (χ2n) is 12.4. The number of imidazole rings is 1. The molecular weight excluding hydrogens is 557 g/mol. The zero-order valence-corrected chi connectivity index (χ0v) is 26.9. The molecule has 6 rings (SSSR count). The number of benzene rings is 5. The van der Waals surface area contributed by atoms with Crippen molar-refractivity contribution in [1.82, 2.24) is 9.55 Å². The van der Waals surface area contributed by atoms with E-state index in [2.05, 4.69) is 129 Å². The minimum Gasteiger partial charge on any atom is -0.542 e. The van der Waals surface area contributed by atoms with Crippen molar-refractivity contribution < 1.29 is 9.22 Å². The van der Waals surface area contributed by atoms with Gasteiger partial charge in [-0.15, -0.1) is 0 Å². The zero-order chi connectivity index (χ0) is 30.9. The summed E-state index contributed by atoms with van der Waals surface area (Å²) in [5, 5.41) is 2.01. The van der Waals surface area contributed by atoms with Crippen molar-refractivity contribution in [3.05, 3.63) is 167 Å². The Balaban J connectivity index is 1.53. The summed E-state index contributed by atoms with van der Waals surface area (Å²) in [6.07, 6.45) is 3.67. The van der Waals surface area contributed by atoms with Gasteiger partial charge in [-0.2, -0.15) is 0 Å². The molecule has 0 aliphatic heterocycles. The first-order valence-electron chi connectivity index (χ1n) is 15.0. The van der Waals surface area contributed by atoms with E-state index in [1.807, 2.05) is 36.5 Å². The Labute approximate surface area is 261 Å². The fourth-order valence-corrected chi connectivity index (χ4v) is 6.64. The third kappa shape index (κ3) is 5.29. The highest BCUT2D eigenvalue weighted by Gasteiger charge is 2.39. The third-order valence-electron chi connectivity index (χ3n) is 8.16. The molecule has 0 amide bonds. The van der Waals surface area contributed by atoms with Crippen molar-refractivity contribution in [3.63, 3.8) is 0 Å². The van der Waals surface area contributed by atoms with E-state index in [9.17, 15) is 4.79 Å². The normalized spacial score (nSPS) is 12.0. The van der Waals surface area contributed by atoms with Crippen LogP contribution in [-0.2, 0) is 11.0 Å². The molecule has 0 atom stereocenters. The Morgan fingerprint density at radius 1 is 0.705 bits per heavy atom. The van der Waals surface area contributed by atoms with Gasteiger partial charge in [0.15, 0.2) is 0 Å². The van der Waals surface area contributed by atoms with E-state index in [1.54, 1.807) is 6.33 Å². The predicted molar refractivity (Wildman–Crippen MR) is 181 cm³/mol. The number of hydrogen-bond donors (Lipinski definition) is 0. The van der Waals surface area contributed by atoms with Gasteiger partial charge in [-0.1, -0.05) is 136 Å². The van der Waals surface area contributed by atoms with Gasteiger partial charge in [0.1, 0.15) is 17.0 Å². The average molecular weight is 594 g/mol. The lowest BCUT2D eigenvalue weighted by Crippen LogP contribution is -2.37. The van der Waals surface area contributed by atoms with Crippen LogP contribution in [0.3, 0.4) is 0 Å². The van der Waals surface area contributed by atoms with Crippen LogP contribution in [0.25, 0.3) is 10.8 Å². The summed E-state index contributed by atoms with van der Waals surface area (Å²) in [6, 6.07) is 41.6. The van der Waals surface area contributed by atoms with Gasteiger partial charge in [-0.25, -0.2) is 4.98 Å². The quantitative estimate of drug-likeness (QED) is 0.100. The lowest BCUT2D eigenvalue weighted by molar-refractivity contribution is 0.103. The monoisotopic (exact) mass is 593 g/mol. The second kappa shape index (κ2) is 11.7. The van der Waals surface area contributed by atoms with Crippen LogP contribution in [0.4, 0.5) is 0 Å². The Hall–Kier alpha value is -4.74. The lowest BCUT2D eigenvalue weighted by atomic mass is 9.77. The molecule has 1 aromatic heterocycles. The molecule has 0 spiro atoms. The van der Waals surface area contributed by atoms with Gasteiger partial charge in [0.2, 0.25) is 5.78 Å². The van der Waals surface area contributed by atoms with Gasteiger partial charge in [0.25, 0.3) is 9.04 Å². The first-order chi connectivity index (χ1) is 21.2. The van der Waals surface area contributed by atoms with Crippen LogP contribution in [0.15, 0.2) is 134 Å². The van der Waals surface area contributed by atoms with E-state index in [1.165, 1.54) is 5.56 Å². The summed E-state index contributed by atoms with van der Waals surface area (Å²) in [7, 11) is -1.15. The lowest BCUT2D eigenvalue weighted by Gasteiger charge is -2.37. The molecule has 0 fully saturated rings. The number of rotatable bonds is 8. The molecule has 0 aliphatic carbocycles. The number of ketones is 1. The molecule has 1 heterocycles. The molecule has 4 nitrogen and oxygen atoms in total. The fraction of sp³-hybridized carbons (Fsp3) is 0.179. The predicted octanol–water partition coefficient (Wildman–Crippen LogP) is 9.03. The van der Waals surface area contributed by atoms with Crippen LogP contribution in [0.1, 0.15) is 59.1 Å². The topological polar surface area (TPSA) is 44.1 Å². The molecule has 5 heteroatoms. The summed E-state index contributed by atoms with van der Waals surface area (Å²) < 4.78 is 8.53. The van der Waals surface area contributed by atoms with E-state index >= 15 is 0 Å². The summed E-state index contributed by atoms with van der Waals surface area (Å²) in [5.74, 6) is 0.480. The molecule has 0 unspecified atom stereocenters. The van der Waals surface area contributed by atoms with E-state index < -0.39 is 14.6 Å². The van der Waals surface area contributed by atoms with Gasteiger partial charge < -0.3 is 8.99 Å². The Morgan fingerprint density at radius 2 is 1.25 bits per heavy atom. The van der Waals surface area contributed by atoms with Gasteiger partial charge in [-0.05, 0) is 52.2 Å². The number of aromatic nitrogens is 2. The van der Waals surface area contributed by atoms with E-state index in [4.69, 9.17) is 9.41 Å². The summed E-state index contributed by atoms with van der Waals surface area (Å²) >= 11 is 0. The Morgan fingerprint density at radius 3 is 1.75 bits per heavy atom. The van der Waals surface area contributed by atoms with Crippen molar-refractivity contribution in [1.29, 1.82) is 0 Å². The highest BCUT2D eigenvalue weighted by Crippen LogP contribution is 2.41. The molecule has 0 N–H and O–H groups in total. The SMILES string of the molecule is C[Si](C)Oc1c(C(=O)c2cn(C(c3ccccc3)(c3ccccc3)c3ccccc3)cn2)ccc2cc(C(C)(C)C)ccc12. The van der Waals surface area contributed by atoms with Crippen molar-refractivity contribution >= 4 is 25.6 Å². The summed E-state index contributed by atoms with van der Waals surface area (Å²) in [6.45, 7) is 10.8. The van der Waals surface area contributed by atoms with Gasteiger partial charge in [0, 0.05) is 11.6 Å². The summed E-state index contributed by atoms with van der Waals surface area (Å²) in [4.78, 5) is 19.1. The molecule has 0 bridgehead atoms. The van der Waals surface area contributed by atoms with Crippen LogP contribution in [0.2, 0.25) is 13.1 Å². The molecule has 0 saturated heterocycles. The first-order valence-corrected chi connectivity index (χ1v) is 17.4. The van der Waals surface area contributed by atoms with Crippen molar-refractivity contribution in [3.8, 4) is 5.75 Å². The number of nitrogens with zero attached hydrogens (tertiary/aromatic N) is 2. The number of carbonyl (C=O) groups is 1. The smallest absolute Gasteiger partial charge is 0.274 e. The molecule has 219 valence electrons. The minimum absolute atomic E-state index is 0.0176. The molecular formula is C39H37N2O2Si. The van der Waals surface area contributed by atoms with E-state index in [0.717, 1.165) is 27.5 Å². The standard InChI is InChI=1S/C39H37N2O2Si/c1-38(2,3)32-22-24-33-28(25-32)21-23-34(37(33)43-44(4)5)36(42)35-26-41(27-40-35)39(29-15-9-6-10-16-29,30-17-11-7-12-18-30)31-19-13-8-14-20-31/h6-27H,1-5H3. The maximum absolute atomic E-state index is 14.3. The fourth-order valence-electron chi connectivity index (χ4n) is 6.01. The molecule has 0 saturated carbocycles.